The third-order valence-electron chi connectivity index (χ3n) is 2.84. The smallest absolute Gasteiger partial charge is 0.250 e. The minimum Gasteiger partial charge on any atom is -0.381 e. The van der Waals surface area contributed by atoms with Crippen molar-refractivity contribution in [3.05, 3.63) is 18.0 Å². The molecule has 0 unspecified atom stereocenters. The van der Waals surface area contributed by atoms with Crippen LogP contribution in [0.1, 0.15) is 30.1 Å². The van der Waals surface area contributed by atoms with Gasteiger partial charge in [-0.05, 0) is 24.8 Å². The normalized spacial score (nSPS) is 17.9. The number of nitrogens with zero attached hydrogens (tertiary/aromatic N) is 2. The van der Waals surface area contributed by atoms with Gasteiger partial charge in [0, 0.05) is 25.3 Å². The predicted molar refractivity (Wildman–Crippen MR) is 55.8 cm³/mol. The molecule has 15 heavy (non-hydrogen) atoms. The molecule has 1 aliphatic rings. The summed E-state index contributed by atoms with van der Waals surface area (Å²) in [6.45, 7) is 3.44. The molecule has 0 N–H and O–H groups in total. The van der Waals surface area contributed by atoms with Gasteiger partial charge in [0.2, 0.25) is 5.91 Å². The monoisotopic (exact) mass is 208 g/mol. The summed E-state index contributed by atoms with van der Waals surface area (Å²) in [7, 11) is 0. The molecular weight excluding hydrogens is 192 g/mol. The SMILES string of the molecule is CCc1cnn(C(=O)C2CCOCC2)c1. The molecule has 0 aromatic carbocycles. The van der Waals surface area contributed by atoms with Crippen LogP contribution in [-0.4, -0.2) is 28.9 Å². The number of rotatable bonds is 2. The third-order valence-corrected chi connectivity index (χ3v) is 2.84. The van der Waals surface area contributed by atoms with Crippen molar-refractivity contribution in [2.45, 2.75) is 26.2 Å². The molecule has 4 nitrogen and oxygen atoms in total. The van der Waals surface area contributed by atoms with Crippen molar-refractivity contribution in [3.63, 3.8) is 0 Å². The Hall–Kier alpha value is -1.16. The molecular formula is C11H16N2O2. The Morgan fingerprint density at radius 3 is 2.93 bits per heavy atom. The first-order chi connectivity index (χ1) is 7.31. The summed E-state index contributed by atoms with van der Waals surface area (Å²) in [6, 6.07) is 0. The van der Waals surface area contributed by atoms with Crippen LogP contribution in [0.25, 0.3) is 0 Å². The lowest BCUT2D eigenvalue weighted by Crippen LogP contribution is -2.28. The lowest BCUT2D eigenvalue weighted by molar-refractivity contribution is 0.0475. The molecule has 1 saturated heterocycles. The zero-order valence-corrected chi connectivity index (χ0v) is 8.98. The van der Waals surface area contributed by atoms with Crippen LogP contribution in [0.5, 0.6) is 0 Å². The first-order valence-electron chi connectivity index (χ1n) is 5.46. The van der Waals surface area contributed by atoms with E-state index in [1.165, 1.54) is 4.68 Å². The minimum absolute atomic E-state index is 0.0864. The van der Waals surface area contributed by atoms with Crippen LogP contribution in [0.15, 0.2) is 12.4 Å². The largest absolute Gasteiger partial charge is 0.381 e. The zero-order valence-electron chi connectivity index (χ0n) is 8.98. The third kappa shape index (κ3) is 2.26. The summed E-state index contributed by atoms with van der Waals surface area (Å²) in [5, 5.41) is 4.09. The number of aryl methyl sites for hydroxylation is 1. The van der Waals surface area contributed by atoms with Gasteiger partial charge in [0.05, 0.1) is 6.20 Å². The van der Waals surface area contributed by atoms with E-state index in [4.69, 9.17) is 4.74 Å². The van der Waals surface area contributed by atoms with E-state index in [1.807, 2.05) is 6.20 Å². The molecule has 82 valence electrons. The second kappa shape index (κ2) is 4.57. The fraction of sp³-hybridized carbons (Fsp3) is 0.636. The summed E-state index contributed by atoms with van der Waals surface area (Å²) >= 11 is 0. The highest BCUT2D eigenvalue weighted by molar-refractivity contribution is 5.80. The maximum Gasteiger partial charge on any atom is 0.250 e. The van der Waals surface area contributed by atoms with E-state index >= 15 is 0 Å². The van der Waals surface area contributed by atoms with Crippen LogP contribution in [0.2, 0.25) is 0 Å². The summed E-state index contributed by atoms with van der Waals surface area (Å²) in [5.41, 5.74) is 1.11. The van der Waals surface area contributed by atoms with Crippen molar-refractivity contribution in [1.82, 2.24) is 9.78 Å². The summed E-state index contributed by atoms with van der Waals surface area (Å²) < 4.78 is 6.71. The van der Waals surface area contributed by atoms with Gasteiger partial charge in [0.15, 0.2) is 0 Å². The standard InChI is InChI=1S/C11H16N2O2/c1-2-9-7-12-13(8-9)11(14)10-3-5-15-6-4-10/h7-8,10H,2-6H2,1H3. The van der Waals surface area contributed by atoms with E-state index < -0.39 is 0 Å². The highest BCUT2D eigenvalue weighted by Crippen LogP contribution is 2.16. The number of hydrogen-bond acceptors (Lipinski definition) is 3. The number of carbonyl (C=O) groups is 1. The lowest BCUT2D eigenvalue weighted by atomic mass is 10.00. The van der Waals surface area contributed by atoms with E-state index in [9.17, 15) is 4.79 Å². The fourth-order valence-electron chi connectivity index (χ4n) is 1.79. The van der Waals surface area contributed by atoms with E-state index in [1.54, 1.807) is 6.20 Å². The molecule has 0 atom stereocenters. The van der Waals surface area contributed by atoms with Crippen molar-refractivity contribution < 1.29 is 9.53 Å². The number of carbonyl (C=O) groups excluding carboxylic acids is 1. The molecule has 0 bridgehead atoms. The Morgan fingerprint density at radius 1 is 1.60 bits per heavy atom. The van der Waals surface area contributed by atoms with Gasteiger partial charge in [-0.2, -0.15) is 5.10 Å². The van der Waals surface area contributed by atoms with Crippen LogP contribution in [0, 0.1) is 5.92 Å². The predicted octanol–water partition coefficient (Wildman–Crippen LogP) is 1.51. The molecule has 2 rings (SSSR count). The number of aromatic nitrogens is 2. The Bertz CT molecular complexity index is 340. The van der Waals surface area contributed by atoms with Crippen LogP contribution in [0.3, 0.4) is 0 Å². The second-order valence-corrected chi connectivity index (χ2v) is 3.87. The second-order valence-electron chi connectivity index (χ2n) is 3.87. The first-order valence-corrected chi connectivity index (χ1v) is 5.46. The van der Waals surface area contributed by atoms with E-state index in [0.29, 0.717) is 13.2 Å². The molecule has 0 saturated carbocycles. The van der Waals surface area contributed by atoms with E-state index in [-0.39, 0.29) is 11.8 Å². The van der Waals surface area contributed by atoms with Crippen molar-refractivity contribution in [2.75, 3.05) is 13.2 Å². The van der Waals surface area contributed by atoms with Crippen molar-refractivity contribution in [1.29, 1.82) is 0 Å². The van der Waals surface area contributed by atoms with Crippen molar-refractivity contribution in [3.8, 4) is 0 Å². The molecule has 4 heteroatoms. The minimum atomic E-state index is 0.0864. The number of hydrogen-bond donors (Lipinski definition) is 0. The quantitative estimate of drug-likeness (QED) is 0.740. The summed E-state index contributed by atoms with van der Waals surface area (Å²) in [4.78, 5) is 12.0. The Morgan fingerprint density at radius 2 is 2.33 bits per heavy atom. The fourth-order valence-corrected chi connectivity index (χ4v) is 1.79. The molecule has 0 radical (unpaired) electrons. The van der Waals surface area contributed by atoms with Gasteiger partial charge in [-0.1, -0.05) is 6.92 Å². The molecule has 1 aliphatic heterocycles. The van der Waals surface area contributed by atoms with Gasteiger partial charge in [-0.25, -0.2) is 4.68 Å². The maximum absolute atomic E-state index is 12.0. The van der Waals surface area contributed by atoms with Crippen molar-refractivity contribution >= 4 is 5.91 Å². The average molecular weight is 208 g/mol. The van der Waals surface area contributed by atoms with Gasteiger partial charge < -0.3 is 4.74 Å². The van der Waals surface area contributed by atoms with Crippen molar-refractivity contribution in [2.24, 2.45) is 5.92 Å². The highest BCUT2D eigenvalue weighted by atomic mass is 16.5. The van der Waals surface area contributed by atoms with Crippen LogP contribution in [-0.2, 0) is 11.2 Å². The highest BCUT2D eigenvalue weighted by Gasteiger charge is 2.23. The number of ether oxygens (including phenoxy) is 1. The maximum atomic E-state index is 12.0. The lowest BCUT2D eigenvalue weighted by Gasteiger charge is -2.20. The van der Waals surface area contributed by atoms with E-state index in [0.717, 1.165) is 24.8 Å². The van der Waals surface area contributed by atoms with Crippen LogP contribution < -0.4 is 0 Å². The molecule has 0 amide bonds. The van der Waals surface area contributed by atoms with Crippen LogP contribution >= 0.6 is 0 Å². The van der Waals surface area contributed by atoms with Gasteiger partial charge >= 0.3 is 0 Å². The molecule has 0 spiro atoms. The van der Waals surface area contributed by atoms with Gasteiger partial charge in [0.1, 0.15) is 0 Å². The van der Waals surface area contributed by atoms with Crippen LogP contribution in [0.4, 0.5) is 0 Å². The summed E-state index contributed by atoms with van der Waals surface area (Å²) in [6.07, 6.45) is 6.15. The van der Waals surface area contributed by atoms with Gasteiger partial charge in [-0.3, -0.25) is 4.79 Å². The topological polar surface area (TPSA) is 44.1 Å². The molecule has 1 aromatic heterocycles. The molecule has 2 heterocycles. The molecule has 1 fully saturated rings. The summed E-state index contributed by atoms with van der Waals surface area (Å²) in [5.74, 6) is 0.196. The average Bonchev–Trinajstić information content (AvgIpc) is 2.78. The van der Waals surface area contributed by atoms with Gasteiger partial charge in [0.25, 0.3) is 0 Å². The molecule has 0 aliphatic carbocycles. The first kappa shape index (κ1) is 10.4. The molecule has 1 aromatic rings. The van der Waals surface area contributed by atoms with Gasteiger partial charge in [-0.15, -0.1) is 0 Å². The Labute approximate surface area is 89.2 Å². The Balaban J connectivity index is 2.05. The van der Waals surface area contributed by atoms with E-state index in [2.05, 4.69) is 12.0 Å². The zero-order chi connectivity index (χ0) is 10.7. The Kier molecular flexibility index (Phi) is 3.16.